The van der Waals surface area contributed by atoms with Crippen LogP contribution in [0.5, 0.6) is 0 Å². The monoisotopic (exact) mass is 453 g/mol. The minimum atomic E-state index is -4.68. The molecule has 0 aromatic carbocycles. The van der Waals surface area contributed by atoms with Gasteiger partial charge in [0.25, 0.3) is 5.91 Å². The smallest absolute Gasteiger partial charge is 0.388 e. The number of hydrogen-bond donors (Lipinski definition) is 5. The molecule has 5 N–H and O–H groups in total. The number of aliphatic hydroxyl groups is 2. The Morgan fingerprint density at radius 1 is 1.22 bits per heavy atom. The van der Waals surface area contributed by atoms with E-state index in [2.05, 4.69) is 35.6 Å². The average molecular weight is 453 g/mol. The first-order chi connectivity index (χ1) is 15.2. The molecule has 1 aliphatic heterocycles. The summed E-state index contributed by atoms with van der Waals surface area (Å²) >= 11 is 0. The molecule has 4 rings (SSSR count). The molecule has 170 valence electrons. The van der Waals surface area contributed by atoms with E-state index in [9.17, 15) is 28.2 Å². The van der Waals surface area contributed by atoms with E-state index < -0.39 is 42.1 Å². The van der Waals surface area contributed by atoms with Gasteiger partial charge in [0.1, 0.15) is 29.8 Å². The predicted molar refractivity (Wildman–Crippen MR) is 102 cm³/mol. The van der Waals surface area contributed by atoms with Crippen molar-refractivity contribution in [2.24, 2.45) is 0 Å². The number of halogens is 3. The van der Waals surface area contributed by atoms with E-state index in [1.54, 1.807) is 12.3 Å². The lowest BCUT2D eigenvalue weighted by molar-refractivity contribution is -0.141. The molecule has 0 aliphatic carbocycles. The van der Waals surface area contributed by atoms with Gasteiger partial charge < -0.3 is 30.6 Å². The van der Waals surface area contributed by atoms with Gasteiger partial charge in [-0.05, 0) is 6.07 Å². The number of nitrogens with zero attached hydrogens (tertiary/aromatic N) is 4. The highest BCUT2D eigenvalue weighted by Crippen LogP contribution is 2.28. The lowest BCUT2D eigenvalue weighted by atomic mass is 9.98. The van der Waals surface area contributed by atoms with Crippen LogP contribution in [-0.4, -0.2) is 78.5 Å². The number of aromatic nitrogens is 5. The number of aliphatic hydroxyl groups excluding tert-OH is 2. The molecule has 11 nitrogen and oxygen atoms in total. The molecule has 3 aromatic rings. The van der Waals surface area contributed by atoms with Crippen LogP contribution in [0.15, 0.2) is 30.9 Å². The Morgan fingerprint density at radius 3 is 2.81 bits per heavy atom. The molecule has 3 aromatic heterocycles. The van der Waals surface area contributed by atoms with Gasteiger partial charge in [0, 0.05) is 24.3 Å². The number of carbonyl (C=O) groups is 1. The van der Waals surface area contributed by atoms with E-state index in [1.165, 1.54) is 6.20 Å². The number of ether oxygens (including phenoxy) is 1. The Hall–Kier alpha value is -3.36. The first-order valence-electron chi connectivity index (χ1n) is 9.44. The summed E-state index contributed by atoms with van der Waals surface area (Å²) in [5.41, 5.74) is -0.712. The molecular weight excluding hydrogens is 435 g/mol. The number of anilines is 1. The third-order valence-corrected chi connectivity index (χ3v) is 4.86. The standard InChI is InChI=1S/C18H18F3N7O4/c19-18(20,21)11-5-22-6-12(27-11)26-9-7-32-10(14(30)13(9)29)4-25-17(31)16-24-3-8-1-2-23-15(8)28-16/h1-3,5-6,9-10,13-14,29-30H,4,7H2,(H,25,31)(H,26,27)(H,23,24,28)/t9-,10+,13+,14-/m0/s1. The minimum Gasteiger partial charge on any atom is -0.388 e. The summed E-state index contributed by atoms with van der Waals surface area (Å²) < 4.78 is 43.8. The first-order valence-corrected chi connectivity index (χ1v) is 9.44. The molecule has 1 fully saturated rings. The maximum absolute atomic E-state index is 12.8. The minimum absolute atomic E-state index is 0.0894. The highest BCUT2D eigenvalue weighted by atomic mass is 19.4. The van der Waals surface area contributed by atoms with Crippen LogP contribution in [0.25, 0.3) is 11.0 Å². The van der Waals surface area contributed by atoms with Crippen LogP contribution >= 0.6 is 0 Å². The van der Waals surface area contributed by atoms with Crippen LogP contribution in [0.2, 0.25) is 0 Å². The Bertz CT molecular complexity index is 1110. The first kappa shape index (κ1) is 21.9. The van der Waals surface area contributed by atoms with Gasteiger partial charge in [-0.15, -0.1) is 0 Å². The lowest BCUT2D eigenvalue weighted by Gasteiger charge is -2.38. The average Bonchev–Trinajstić information content (AvgIpc) is 3.24. The Balaban J connectivity index is 1.34. The zero-order valence-corrected chi connectivity index (χ0v) is 16.2. The topological polar surface area (TPSA) is 158 Å². The molecule has 0 saturated carbocycles. The van der Waals surface area contributed by atoms with Crippen molar-refractivity contribution >= 4 is 22.8 Å². The van der Waals surface area contributed by atoms with E-state index >= 15 is 0 Å². The van der Waals surface area contributed by atoms with Gasteiger partial charge in [0.2, 0.25) is 5.82 Å². The number of amides is 1. The van der Waals surface area contributed by atoms with Crippen molar-refractivity contribution in [2.45, 2.75) is 30.5 Å². The second-order valence-corrected chi connectivity index (χ2v) is 7.08. The van der Waals surface area contributed by atoms with Gasteiger partial charge >= 0.3 is 6.18 Å². The van der Waals surface area contributed by atoms with Gasteiger partial charge in [-0.25, -0.2) is 15.0 Å². The molecule has 4 atom stereocenters. The summed E-state index contributed by atoms with van der Waals surface area (Å²) in [6.45, 7) is -0.319. The molecular formula is C18H18F3N7O4. The van der Waals surface area contributed by atoms with Gasteiger partial charge in [-0.3, -0.25) is 9.78 Å². The maximum atomic E-state index is 12.8. The molecule has 0 bridgehead atoms. The number of rotatable bonds is 5. The largest absolute Gasteiger partial charge is 0.434 e. The number of carbonyl (C=O) groups excluding carboxylic acids is 1. The number of nitrogens with one attached hydrogen (secondary N) is 3. The second-order valence-electron chi connectivity index (χ2n) is 7.08. The van der Waals surface area contributed by atoms with Crippen LogP contribution < -0.4 is 10.6 Å². The van der Waals surface area contributed by atoms with E-state index in [0.717, 1.165) is 11.6 Å². The van der Waals surface area contributed by atoms with E-state index in [1.807, 2.05) is 0 Å². The summed E-state index contributed by atoms with van der Waals surface area (Å²) in [6, 6.07) is 0.799. The highest BCUT2D eigenvalue weighted by molar-refractivity contribution is 5.92. The number of fused-ring (bicyclic) bond motifs is 1. The van der Waals surface area contributed by atoms with Crippen molar-refractivity contribution in [3.05, 3.63) is 42.4 Å². The fourth-order valence-corrected chi connectivity index (χ4v) is 3.17. The van der Waals surface area contributed by atoms with E-state index in [0.29, 0.717) is 11.8 Å². The number of hydrogen-bond acceptors (Lipinski definition) is 9. The summed E-state index contributed by atoms with van der Waals surface area (Å²) in [5.74, 6) is -0.928. The van der Waals surface area contributed by atoms with Crippen LogP contribution in [0, 0.1) is 0 Å². The predicted octanol–water partition coefficient (Wildman–Crippen LogP) is 0.0978. The van der Waals surface area contributed by atoms with Gasteiger partial charge in [-0.2, -0.15) is 13.2 Å². The molecule has 1 amide bonds. The van der Waals surface area contributed by atoms with Crippen LogP contribution in [0.4, 0.5) is 19.0 Å². The van der Waals surface area contributed by atoms with Gasteiger partial charge in [0.05, 0.1) is 25.0 Å². The zero-order chi connectivity index (χ0) is 22.9. The molecule has 4 heterocycles. The Morgan fingerprint density at radius 2 is 2.03 bits per heavy atom. The lowest BCUT2D eigenvalue weighted by Crippen LogP contribution is -2.58. The molecule has 0 spiro atoms. The van der Waals surface area contributed by atoms with E-state index in [-0.39, 0.29) is 24.8 Å². The van der Waals surface area contributed by atoms with Crippen molar-refractivity contribution in [3.8, 4) is 0 Å². The fourth-order valence-electron chi connectivity index (χ4n) is 3.17. The van der Waals surface area contributed by atoms with Crippen molar-refractivity contribution in [2.75, 3.05) is 18.5 Å². The Labute approximate surface area is 178 Å². The molecule has 0 radical (unpaired) electrons. The third kappa shape index (κ3) is 4.61. The van der Waals surface area contributed by atoms with Gasteiger partial charge in [-0.1, -0.05) is 0 Å². The second kappa shape index (κ2) is 8.64. The van der Waals surface area contributed by atoms with Crippen molar-refractivity contribution in [1.82, 2.24) is 30.2 Å². The SMILES string of the molecule is O=C(NC[C@H]1OC[C@H](Nc2cncc(C(F)(F)F)n2)[C@@H](O)[C@H]1O)c1ncc2cc[nH]c2n1. The molecule has 1 saturated heterocycles. The van der Waals surface area contributed by atoms with Crippen LogP contribution in [0.3, 0.4) is 0 Å². The summed E-state index contributed by atoms with van der Waals surface area (Å²) in [4.78, 5) is 30.1. The number of alkyl halides is 3. The summed E-state index contributed by atoms with van der Waals surface area (Å²) in [7, 11) is 0. The summed E-state index contributed by atoms with van der Waals surface area (Å²) in [5, 5.41) is 26.6. The normalized spacial score (nSPS) is 23.8. The quantitative estimate of drug-likeness (QED) is 0.361. The van der Waals surface area contributed by atoms with Crippen LogP contribution in [0.1, 0.15) is 16.3 Å². The number of H-pyrrole nitrogens is 1. The maximum Gasteiger partial charge on any atom is 0.434 e. The number of aromatic amines is 1. The van der Waals surface area contributed by atoms with Crippen molar-refractivity contribution in [3.63, 3.8) is 0 Å². The molecule has 32 heavy (non-hydrogen) atoms. The van der Waals surface area contributed by atoms with Crippen LogP contribution in [-0.2, 0) is 10.9 Å². The molecule has 1 aliphatic rings. The third-order valence-electron chi connectivity index (χ3n) is 4.86. The van der Waals surface area contributed by atoms with Crippen molar-refractivity contribution < 1.29 is 32.9 Å². The molecule has 0 unspecified atom stereocenters. The zero-order valence-electron chi connectivity index (χ0n) is 16.2. The highest BCUT2D eigenvalue weighted by Gasteiger charge is 2.39. The van der Waals surface area contributed by atoms with Crippen molar-refractivity contribution in [1.29, 1.82) is 0 Å². The van der Waals surface area contributed by atoms with Gasteiger partial charge in [0.15, 0.2) is 5.69 Å². The fraction of sp³-hybridized carbons (Fsp3) is 0.389. The molecule has 14 heteroatoms. The Kier molecular flexibility index (Phi) is 5.90. The summed E-state index contributed by atoms with van der Waals surface area (Å²) in [6.07, 6.45) is -3.72. The van der Waals surface area contributed by atoms with E-state index in [4.69, 9.17) is 4.74 Å².